The van der Waals surface area contributed by atoms with Gasteiger partial charge in [-0.3, -0.25) is 0 Å². The summed E-state index contributed by atoms with van der Waals surface area (Å²) in [5.74, 6) is 0. The molecule has 2 aromatic rings. The number of aromatic nitrogens is 2. The number of para-hydroxylation sites is 1. The maximum Gasteiger partial charge on any atom is 0.0994 e. The lowest BCUT2D eigenvalue weighted by Crippen LogP contribution is -2.10. The molecule has 2 rings (SSSR count). The summed E-state index contributed by atoms with van der Waals surface area (Å²) in [6.07, 6.45) is 3.59. The van der Waals surface area contributed by atoms with Crippen molar-refractivity contribution < 1.29 is 0 Å². The van der Waals surface area contributed by atoms with Crippen LogP contribution in [0.4, 0.5) is 0 Å². The van der Waals surface area contributed by atoms with Gasteiger partial charge in [-0.1, -0.05) is 18.2 Å². The van der Waals surface area contributed by atoms with E-state index in [-0.39, 0.29) is 6.04 Å². The van der Waals surface area contributed by atoms with Crippen LogP contribution in [0.5, 0.6) is 0 Å². The van der Waals surface area contributed by atoms with Crippen LogP contribution in [0.2, 0.25) is 0 Å². The van der Waals surface area contributed by atoms with Crippen LogP contribution in [0.1, 0.15) is 18.7 Å². The predicted molar refractivity (Wildman–Crippen MR) is 56.2 cm³/mol. The SMILES string of the molecule is C[C@H](N)c1cncn1-c1ccccc1. The van der Waals surface area contributed by atoms with Gasteiger partial charge in [0.15, 0.2) is 0 Å². The van der Waals surface area contributed by atoms with Crippen molar-refractivity contribution in [1.82, 2.24) is 9.55 Å². The van der Waals surface area contributed by atoms with Gasteiger partial charge >= 0.3 is 0 Å². The molecular weight excluding hydrogens is 174 g/mol. The van der Waals surface area contributed by atoms with Crippen molar-refractivity contribution in [3.63, 3.8) is 0 Å². The molecule has 0 saturated carbocycles. The lowest BCUT2D eigenvalue weighted by atomic mass is 10.2. The molecule has 1 heterocycles. The Morgan fingerprint density at radius 1 is 1.29 bits per heavy atom. The van der Waals surface area contributed by atoms with Gasteiger partial charge in [-0.05, 0) is 19.1 Å². The molecule has 0 bridgehead atoms. The maximum atomic E-state index is 5.84. The van der Waals surface area contributed by atoms with E-state index in [9.17, 15) is 0 Å². The van der Waals surface area contributed by atoms with Crippen LogP contribution in [0.25, 0.3) is 5.69 Å². The van der Waals surface area contributed by atoms with Gasteiger partial charge in [0.1, 0.15) is 0 Å². The van der Waals surface area contributed by atoms with E-state index in [1.165, 1.54) is 0 Å². The van der Waals surface area contributed by atoms with E-state index in [1.54, 1.807) is 12.5 Å². The first-order valence-corrected chi connectivity index (χ1v) is 4.62. The number of hydrogen-bond acceptors (Lipinski definition) is 2. The summed E-state index contributed by atoms with van der Waals surface area (Å²) in [5, 5.41) is 0. The molecule has 0 fully saturated rings. The normalized spacial score (nSPS) is 12.7. The minimum Gasteiger partial charge on any atom is -0.323 e. The molecule has 72 valence electrons. The minimum absolute atomic E-state index is 0.00212. The molecule has 0 amide bonds. The van der Waals surface area contributed by atoms with Crippen LogP contribution in [-0.4, -0.2) is 9.55 Å². The predicted octanol–water partition coefficient (Wildman–Crippen LogP) is 1.89. The average molecular weight is 187 g/mol. The van der Waals surface area contributed by atoms with E-state index in [4.69, 9.17) is 5.73 Å². The number of hydrogen-bond donors (Lipinski definition) is 1. The molecule has 0 aliphatic rings. The van der Waals surface area contributed by atoms with Crippen molar-refractivity contribution in [3.8, 4) is 5.69 Å². The summed E-state index contributed by atoms with van der Waals surface area (Å²) in [7, 11) is 0. The molecule has 1 atom stereocenters. The number of benzene rings is 1. The molecule has 0 saturated heterocycles. The summed E-state index contributed by atoms with van der Waals surface area (Å²) in [6, 6.07) is 10.1. The first kappa shape index (κ1) is 8.97. The molecule has 3 heteroatoms. The maximum absolute atomic E-state index is 5.84. The molecule has 0 aliphatic heterocycles. The van der Waals surface area contributed by atoms with Crippen LogP contribution in [0.3, 0.4) is 0 Å². The first-order valence-electron chi connectivity index (χ1n) is 4.62. The first-order chi connectivity index (χ1) is 6.79. The van der Waals surface area contributed by atoms with E-state index in [1.807, 2.05) is 41.8 Å². The molecule has 0 radical (unpaired) electrons. The smallest absolute Gasteiger partial charge is 0.0994 e. The molecule has 14 heavy (non-hydrogen) atoms. The second-order valence-corrected chi connectivity index (χ2v) is 3.31. The Balaban J connectivity index is 2.47. The highest BCUT2D eigenvalue weighted by Gasteiger charge is 2.06. The van der Waals surface area contributed by atoms with Crippen LogP contribution in [0.15, 0.2) is 42.9 Å². The fraction of sp³-hybridized carbons (Fsp3) is 0.182. The molecule has 1 aromatic carbocycles. The largest absolute Gasteiger partial charge is 0.323 e. The second kappa shape index (κ2) is 3.64. The van der Waals surface area contributed by atoms with E-state index < -0.39 is 0 Å². The van der Waals surface area contributed by atoms with Crippen LogP contribution in [-0.2, 0) is 0 Å². The van der Waals surface area contributed by atoms with Crippen LogP contribution in [0, 0.1) is 0 Å². The van der Waals surface area contributed by atoms with Gasteiger partial charge in [-0.25, -0.2) is 4.98 Å². The number of imidazole rings is 1. The zero-order valence-electron chi connectivity index (χ0n) is 8.09. The Morgan fingerprint density at radius 3 is 2.64 bits per heavy atom. The van der Waals surface area contributed by atoms with Crippen molar-refractivity contribution in [2.24, 2.45) is 5.73 Å². The van der Waals surface area contributed by atoms with Crippen molar-refractivity contribution >= 4 is 0 Å². The lowest BCUT2D eigenvalue weighted by molar-refractivity contribution is 0.752. The molecule has 0 unspecified atom stereocenters. The average Bonchev–Trinajstić information content (AvgIpc) is 2.67. The number of nitrogens with zero attached hydrogens (tertiary/aromatic N) is 2. The highest BCUT2D eigenvalue weighted by atomic mass is 15.1. The van der Waals surface area contributed by atoms with Gasteiger partial charge < -0.3 is 10.3 Å². The lowest BCUT2D eigenvalue weighted by Gasteiger charge is -2.10. The third-order valence-corrected chi connectivity index (χ3v) is 2.17. The minimum atomic E-state index is -0.00212. The zero-order valence-corrected chi connectivity index (χ0v) is 8.09. The molecule has 1 aromatic heterocycles. The monoisotopic (exact) mass is 187 g/mol. The third kappa shape index (κ3) is 1.54. The van der Waals surface area contributed by atoms with Crippen molar-refractivity contribution in [2.45, 2.75) is 13.0 Å². The molecule has 3 nitrogen and oxygen atoms in total. The van der Waals surface area contributed by atoms with E-state index in [2.05, 4.69) is 4.98 Å². The summed E-state index contributed by atoms with van der Waals surface area (Å²) in [4.78, 5) is 4.10. The Kier molecular flexibility index (Phi) is 2.33. The number of nitrogens with two attached hydrogens (primary N) is 1. The third-order valence-electron chi connectivity index (χ3n) is 2.17. The molecule has 2 N–H and O–H groups in total. The van der Waals surface area contributed by atoms with Gasteiger partial charge in [0.05, 0.1) is 18.2 Å². The molecule has 0 spiro atoms. The summed E-state index contributed by atoms with van der Waals surface area (Å²) in [5.41, 5.74) is 7.95. The van der Waals surface area contributed by atoms with E-state index in [0.29, 0.717) is 0 Å². The topological polar surface area (TPSA) is 43.8 Å². The Bertz CT molecular complexity index is 403. The number of rotatable bonds is 2. The van der Waals surface area contributed by atoms with E-state index >= 15 is 0 Å². The molecule has 0 aliphatic carbocycles. The van der Waals surface area contributed by atoms with Gasteiger partial charge in [0.2, 0.25) is 0 Å². The standard InChI is InChI=1S/C11H13N3/c1-9(12)11-7-13-8-14(11)10-5-3-2-4-6-10/h2-9H,12H2,1H3/t9-/m0/s1. The van der Waals surface area contributed by atoms with Crippen molar-refractivity contribution in [1.29, 1.82) is 0 Å². The van der Waals surface area contributed by atoms with Crippen molar-refractivity contribution in [3.05, 3.63) is 48.5 Å². The van der Waals surface area contributed by atoms with Crippen molar-refractivity contribution in [2.75, 3.05) is 0 Å². The second-order valence-electron chi connectivity index (χ2n) is 3.31. The van der Waals surface area contributed by atoms with E-state index in [0.717, 1.165) is 11.4 Å². The van der Waals surface area contributed by atoms with Crippen LogP contribution < -0.4 is 5.73 Å². The van der Waals surface area contributed by atoms with Crippen LogP contribution >= 0.6 is 0 Å². The highest BCUT2D eigenvalue weighted by molar-refractivity contribution is 5.33. The summed E-state index contributed by atoms with van der Waals surface area (Å²) in [6.45, 7) is 1.95. The fourth-order valence-electron chi connectivity index (χ4n) is 1.45. The summed E-state index contributed by atoms with van der Waals surface area (Å²) >= 11 is 0. The van der Waals surface area contributed by atoms with Gasteiger partial charge in [0, 0.05) is 11.7 Å². The quantitative estimate of drug-likeness (QED) is 0.780. The highest BCUT2D eigenvalue weighted by Crippen LogP contribution is 2.14. The van der Waals surface area contributed by atoms with Gasteiger partial charge in [-0.15, -0.1) is 0 Å². The fourth-order valence-corrected chi connectivity index (χ4v) is 1.45. The molecular formula is C11H13N3. The Morgan fingerprint density at radius 2 is 2.00 bits per heavy atom. The summed E-state index contributed by atoms with van der Waals surface area (Å²) < 4.78 is 2.00. The zero-order chi connectivity index (χ0) is 9.97. The van der Waals surface area contributed by atoms with Gasteiger partial charge in [-0.2, -0.15) is 0 Å². The Labute approximate surface area is 83.2 Å². The Hall–Kier alpha value is -1.61. The van der Waals surface area contributed by atoms with Gasteiger partial charge in [0.25, 0.3) is 0 Å².